The molecule has 0 unspecified atom stereocenters. The Morgan fingerprint density at radius 1 is 1.20 bits per heavy atom. The van der Waals surface area contributed by atoms with Gasteiger partial charge in [-0.15, -0.1) is 0 Å². The van der Waals surface area contributed by atoms with Gasteiger partial charge in [0, 0.05) is 16.7 Å². The Hall–Kier alpha value is -1.77. The molecule has 0 saturated heterocycles. The number of benzene rings is 1. The lowest BCUT2D eigenvalue weighted by molar-refractivity contribution is 0.553. The Labute approximate surface area is 120 Å². The van der Waals surface area contributed by atoms with Gasteiger partial charge in [0.15, 0.2) is 0 Å². The fraction of sp³-hybridized carbons (Fsp3) is 0.471. The molecule has 1 aromatic heterocycles. The summed E-state index contributed by atoms with van der Waals surface area (Å²) in [5.41, 5.74) is 4.03. The number of aromatic nitrogens is 2. The highest BCUT2D eigenvalue weighted by Gasteiger charge is 2.24. The summed E-state index contributed by atoms with van der Waals surface area (Å²) >= 11 is 0. The third kappa shape index (κ3) is 2.58. The van der Waals surface area contributed by atoms with Crippen LogP contribution in [0, 0.1) is 6.92 Å². The summed E-state index contributed by atoms with van der Waals surface area (Å²) in [5, 5.41) is 3.34. The average molecular weight is 272 g/mol. The lowest BCUT2D eigenvalue weighted by Gasteiger charge is -2.18. The van der Waals surface area contributed by atoms with Crippen molar-refractivity contribution in [3.05, 3.63) is 51.4 Å². The predicted molar refractivity (Wildman–Crippen MR) is 83.8 cm³/mol. The second kappa shape index (κ2) is 5.31. The smallest absolute Gasteiger partial charge is 0.274 e. The van der Waals surface area contributed by atoms with Crippen molar-refractivity contribution in [1.82, 2.24) is 9.78 Å². The lowest BCUT2D eigenvalue weighted by Crippen LogP contribution is -2.18. The van der Waals surface area contributed by atoms with Gasteiger partial charge < -0.3 is 0 Å². The van der Waals surface area contributed by atoms with E-state index in [1.807, 2.05) is 31.2 Å². The summed E-state index contributed by atoms with van der Waals surface area (Å²) in [7, 11) is 0. The molecule has 0 aliphatic heterocycles. The quantitative estimate of drug-likeness (QED) is 0.908. The molecule has 3 heteroatoms. The molecule has 2 rings (SSSR count). The number of aromatic amines is 1. The van der Waals surface area contributed by atoms with Crippen LogP contribution in [0.25, 0.3) is 5.69 Å². The highest BCUT2D eigenvalue weighted by Crippen LogP contribution is 2.24. The molecule has 1 aromatic carbocycles. The van der Waals surface area contributed by atoms with Crippen molar-refractivity contribution in [2.24, 2.45) is 0 Å². The van der Waals surface area contributed by atoms with E-state index in [2.05, 4.69) is 32.8 Å². The maximum absolute atomic E-state index is 12.7. The van der Waals surface area contributed by atoms with Gasteiger partial charge in [0.1, 0.15) is 0 Å². The van der Waals surface area contributed by atoms with Crippen LogP contribution in [0.4, 0.5) is 0 Å². The molecule has 1 N–H and O–H groups in total. The van der Waals surface area contributed by atoms with Gasteiger partial charge in [-0.1, -0.05) is 52.3 Å². The van der Waals surface area contributed by atoms with E-state index in [0.29, 0.717) is 0 Å². The second-order valence-corrected chi connectivity index (χ2v) is 6.39. The summed E-state index contributed by atoms with van der Waals surface area (Å²) in [6, 6.07) is 7.96. The first-order chi connectivity index (χ1) is 9.36. The van der Waals surface area contributed by atoms with Crippen molar-refractivity contribution in [2.45, 2.75) is 52.9 Å². The first-order valence-electron chi connectivity index (χ1n) is 7.26. The van der Waals surface area contributed by atoms with E-state index in [0.717, 1.165) is 35.3 Å². The molecule has 1 heterocycles. The Morgan fingerprint density at radius 2 is 1.85 bits per heavy atom. The molecular weight excluding hydrogens is 248 g/mol. The molecule has 108 valence electrons. The van der Waals surface area contributed by atoms with Crippen molar-refractivity contribution in [2.75, 3.05) is 0 Å². The highest BCUT2D eigenvalue weighted by atomic mass is 16.1. The van der Waals surface area contributed by atoms with E-state index < -0.39 is 0 Å². The van der Waals surface area contributed by atoms with Crippen LogP contribution >= 0.6 is 0 Å². The van der Waals surface area contributed by atoms with Crippen molar-refractivity contribution < 1.29 is 0 Å². The normalized spacial score (nSPS) is 11.8. The molecule has 0 aliphatic carbocycles. The molecule has 0 aliphatic rings. The third-order valence-corrected chi connectivity index (χ3v) is 3.59. The maximum atomic E-state index is 12.7. The number of hydrogen-bond acceptors (Lipinski definition) is 1. The minimum atomic E-state index is -0.0579. The van der Waals surface area contributed by atoms with Gasteiger partial charge in [-0.25, -0.2) is 4.68 Å². The molecule has 20 heavy (non-hydrogen) atoms. The van der Waals surface area contributed by atoms with Crippen LogP contribution in [0.5, 0.6) is 0 Å². The summed E-state index contributed by atoms with van der Waals surface area (Å²) in [6.45, 7) is 10.6. The minimum absolute atomic E-state index is 0.0579. The number of nitrogens with zero attached hydrogens (tertiary/aromatic N) is 1. The Balaban J connectivity index is 2.68. The van der Waals surface area contributed by atoms with Crippen LogP contribution in [0.2, 0.25) is 0 Å². The van der Waals surface area contributed by atoms with Gasteiger partial charge in [-0.3, -0.25) is 9.89 Å². The van der Waals surface area contributed by atoms with Gasteiger partial charge in [-0.05, 0) is 25.0 Å². The molecule has 3 nitrogen and oxygen atoms in total. The number of aryl methyl sites for hydroxylation is 1. The van der Waals surface area contributed by atoms with Crippen LogP contribution in [-0.4, -0.2) is 9.78 Å². The van der Waals surface area contributed by atoms with Crippen molar-refractivity contribution >= 4 is 0 Å². The Kier molecular flexibility index (Phi) is 3.89. The first-order valence-corrected chi connectivity index (χ1v) is 7.26. The van der Waals surface area contributed by atoms with Gasteiger partial charge >= 0.3 is 0 Å². The highest BCUT2D eigenvalue weighted by molar-refractivity contribution is 5.41. The molecular formula is C17H24N2O. The Bertz CT molecular complexity index is 656. The monoisotopic (exact) mass is 272 g/mol. The standard InChI is InChI=1S/C17H24N2O/c1-6-9-13-15(17(3,4)5)18-19(16(13)20)14-11-8-7-10-12(14)2/h7-8,10-11,18H,6,9H2,1-5H3. The molecule has 2 aromatic rings. The zero-order valence-corrected chi connectivity index (χ0v) is 13.1. The van der Waals surface area contributed by atoms with E-state index in [9.17, 15) is 4.79 Å². The van der Waals surface area contributed by atoms with Gasteiger partial charge in [0.05, 0.1) is 5.69 Å². The lowest BCUT2D eigenvalue weighted by atomic mass is 9.88. The number of hydrogen-bond donors (Lipinski definition) is 1. The molecule has 0 saturated carbocycles. The van der Waals surface area contributed by atoms with Gasteiger partial charge in [0.25, 0.3) is 5.56 Å². The first kappa shape index (κ1) is 14.6. The summed E-state index contributed by atoms with van der Waals surface area (Å²) in [5.74, 6) is 0. The fourth-order valence-corrected chi connectivity index (χ4v) is 2.56. The summed E-state index contributed by atoms with van der Waals surface area (Å²) in [6.07, 6.45) is 1.80. The summed E-state index contributed by atoms with van der Waals surface area (Å²) < 4.78 is 1.70. The maximum Gasteiger partial charge on any atom is 0.274 e. The zero-order chi connectivity index (χ0) is 14.9. The molecule has 0 atom stereocenters. The van der Waals surface area contributed by atoms with E-state index in [4.69, 9.17) is 0 Å². The topological polar surface area (TPSA) is 37.8 Å². The van der Waals surface area contributed by atoms with Crippen LogP contribution in [0.15, 0.2) is 29.1 Å². The van der Waals surface area contributed by atoms with Crippen LogP contribution in [0.3, 0.4) is 0 Å². The third-order valence-electron chi connectivity index (χ3n) is 3.59. The fourth-order valence-electron chi connectivity index (χ4n) is 2.56. The molecule has 0 bridgehead atoms. The number of rotatable bonds is 3. The van der Waals surface area contributed by atoms with Crippen molar-refractivity contribution in [1.29, 1.82) is 0 Å². The van der Waals surface area contributed by atoms with Crippen LogP contribution < -0.4 is 5.56 Å². The molecule has 0 amide bonds. The molecule has 0 radical (unpaired) electrons. The number of H-pyrrole nitrogens is 1. The molecule has 0 spiro atoms. The number of para-hydroxylation sites is 1. The predicted octanol–water partition coefficient (Wildman–Crippen LogP) is 3.72. The van der Waals surface area contributed by atoms with E-state index in [1.54, 1.807) is 4.68 Å². The Morgan fingerprint density at radius 3 is 2.40 bits per heavy atom. The van der Waals surface area contributed by atoms with Crippen molar-refractivity contribution in [3.63, 3.8) is 0 Å². The van der Waals surface area contributed by atoms with Crippen LogP contribution in [-0.2, 0) is 11.8 Å². The van der Waals surface area contributed by atoms with Crippen LogP contribution in [0.1, 0.15) is 50.9 Å². The van der Waals surface area contributed by atoms with Gasteiger partial charge in [0.2, 0.25) is 0 Å². The largest absolute Gasteiger partial charge is 0.294 e. The second-order valence-electron chi connectivity index (χ2n) is 6.39. The molecule has 0 fully saturated rings. The summed E-state index contributed by atoms with van der Waals surface area (Å²) in [4.78, 5) is 12.7. The van der Waals surface area contributed by atoms with E-state index >= 15 is 0 Å². The number of nitrogens with one attached hydrogen (secondary N) is 1. The zero-order valence-electron chi connectivity index (χ0n) is 13.1. The van der Waals surface area contributed by atoms with E-state index in [-0.39, 0.29) is 11.0 Å². The van der Waals surface area contributed by atoms with Crippen molar-refractivity contribution in [3.8, 4) is 5.69 Å². The SMILES string of the molecule is CCCc1c(C(C)(C)C)[nH]n(-c2ccccc2C)c1=O. The minimum Gasteiger partial charge on any atom is -0.294 e. The van der Waals surface area contributed by atoms with E-state index in [1.165, 1.54) is 0 Å². The average Bonchev–Trinajstić information content (AvgIpc) is 2.68. The van der Waals surface area contributed by atoms with Gasteiger partial charge in [-0.2, -0.15) is 0 Å².